The van der Waals surface area contributed by atoms with E-state index >= 15 is 0 Å². The second kappa shape index (κ2) is 8.16. The summed E-state index contributed by atoms with van der Waals surface area (Å²) in [6, 6.07) is 25.6. The van der Waals surface area contributed by atoms with E-state index in [1.807, 2.05) is 18.3 Å². The summed E-state index contributed by atoms with van der Waals surface area (Å²) in [6.07, 6.45) is 3.99. The lowest BCUT2D eigenvalue weighted by Gasteiger charge is -2.30. The molecule has 1 aliphatic rings. The van der Waals surface area contributed by atoms with E-state index in [1.54, 1.807) is 0 Å². The third kappa shape index (κ3) is 3.70. The van der Waals surface area contributed by atoms with Gasteiger partial charge in [0.2, 0.25) is 0 Å². The van der Waals surface area contributed by atoms with E-state index in [4.69, 9.17) is 12.2 Å². The normalized spacial score (nSPS) is 18.7. The fourth-order valence-electron chi connectivity index (χ4n) is 4.51. The standard InChI is InChI=1S/C26H26N4S/c1-18(2)17-30-25(24(28-26(30)31)22-10-5-6-14-27-22)23-11-7-15-29(23)21-13-12-19-8-3-4-9-20(19)16-21/h3-16,18,24-25H,17H2,1-2H3,(H,28,31)/t24-,25-/m0/s1. The zero-order valence-electron chi connectivity index (χ0n) is 17.8. The molecule has 3 heterocycles. The summed E-state index contributed by atoms with van der Waals surface area (Å²) in [5.41, 5.74) is 3.37. The number of hydrogen-bond acceptors (Lipinski definition) is 2. The Kier molecular flexibility index (Phi) is 5.20. The third-order valence-corrected chi connectivity index (χ3v) is 6.21. The first kappa shape index (κ1) is 19.8. The summed E-state index contributed by atoms with van der Waals surface area (Å²) in [7, 11) is 0. The summed E-state index contributed by atoms with van der Waals surface area (Å²) < 4.78 is 2.29. The van der Waals surface area contributed by atoms with Crippen LogP contribution in [0.15, 0.2) is 85.2 Å². The molecule has 5 heteroatoms. The largest absolute Gasteiger partial charge is 0.352 e. The van der Waals surface area contributed by atoms with Gasteiger partial charge in [-0.2, -0.15) is 0 Å². The number of aromatic nitrogens is 2. The average molecular weight is 427 g/mol. The number of rotatable bonds is 5. The minimum Gasteiger partial charge on any atom is -0.352 e. The van der Waals surface area contributed by atoms with Gasteiger partial charge in [0.1, 0.15) is 0 Å². The maximum absolute atomic E-state index is 5.79. The first-order valence-electron chi connectivity index (χ1n) is 10.8. The third-order valence-electron chi connectivity index (χ3n) is 5.85. The predicted octanol–water partition coefficient (Wildman–Crippen LogP) is 5.65. The van der Waals surface area contributed by atoms with Gasteiger partial charge in [-0.3, -0.25) is 4.98 Å². The fraction of sp³-hybridized carbons (Fsp3) is 0.231. The van der Waals surface area contributed by atoms with Crippen molar-refractivity contribution in [3.8, 4) is 5.69 Å². The molecular formula is C26H26N4S. The van der Waals surface area contributed by atoms with E-state index in [1.165, 1.54) is 16.5 Å². The van der Waals surface area contributed by atoms with E-state index in [-0.39, 0.29) is 12.1 Å². The second-order valence-corrected chi connectivity index (χ2v) is 8.89. The van der Waals surface area contributed by atoms with E-state index in [0.717, 1.165) is 23.0 Å². The Balaban J connectivity index is 1.62. The highest BCUT2D eigenvalue weighted by Crippen LogP contribution is 2.40. The monoisotopic (exact) mass is 426 g/mol. The van der Waals surface area contributed by atoms with Crippen molar-refractivity contribution in [1.29, 1.82) is 0 Å². The Morgan fingerprint density at radius 1 is 0.968 bits per heavy atom. The minimum atomic E-state index is 0.00144. The highest BCUT2D eigenvalue weighted by atomic mass is 32.1. The molecule has 0 radical (unpaired) electrons. The van der Waals surface area contributed by atoms with Crippen molar-refractivity contribution in [2.75, 3.05) is 6.54 Å². The highest BCUT2D eigenvalue weighted by molar-refractivity contribution is 7.80. The van der Waals surface area contributed by atoms with Crippen LogP contribution in [0.25, 0.3) is 16.5 Å². The molecule has 156 valence electrons. The molecule has 1 fully saturated rings. The number of benzene rings is 2. The van der Waals surface area contributed by atoms with Gasteiger partial charge in [-0.05, 0) is 65.3 Å². The predicted molar refractivity (Wildman–Crippen MR) is 130 cm³/mol. The summed E-state index contributed by atoms with van der Waals surface area (Å²) in [4.78, 5) is 6.98. The molecule has 0 spiro atoms. The summed E-state index contributed by atoms with van der Waals surface area (Å²) in [5, 5.41) is 6.83. The molecule has 4 aromatic rings. The smallest absolute Gasteiger partial charge is 0.170 e. The van der Waals surface area contributed by atoms with Crippen LogP contribution in [0.5, 0.6) is 0 Å². The lowest BCUT2D eigenvalue weighted by Crippen LogP contribution is -2.33. The van der Waals surface area contributed by atoms with Crippen LogP contribution in [0, 0.1) is 5.92 Å². The maximum atomic E-state index is 5.79. The molecule has 2 atom stereocenters. The summed E-state index contributed by atoms with van der Waals surface area (Å²) in [6.45, 7) is 5.36. The van der Waals surface area contributed by atoms with Crippen LogP contribution >= 0.6 is 12.2 Å². The van der Waals surface area contributed by atoms with Crippen LogP contribution in [-0.2, 0) is 0 Å². The van der Waals surface area contributed by atoms with Crippen LogP contribution in [0.4, 0.5) is 0 Å². The quantitative estimate of drug-likeness (QED) is 0.418. The molecule has 0 saturated carbocycles. The number of hydrogen-bond donors (Lipinski definition) is 1. The number of nitrogens with zero attached hydrogens (tertiary/aromatic N) is 3. The molecule has 31 heavy (non-hydrogen) atoms. The Labute approximate surface area is 188 Å². The molecule has 4 nitrogen and oxygen atoms in total. The van der Waals surface area contributed by atoms with Crippen LogP contribution < -0.4 is 5.32 Å². The van der Waals surface area contributed by atoms with Crippen LogP contribution in [-0.4, -0.2) is 26.1 Å². The van der Waals surface area contributed by atoms with Crippen molar-refractivity contribution in [3.63, 3.8) is 0 Å². The summed E-state index contributed by atoms with van der Waals surface area (Å²) >= 11 is 5.79. The lowest BCUT2D eigenvalue weighted by atomic mass is 10.00. The van der Waals surface area contributed by atoms with Gasteiger partial charge in [0.15, 0.2) is 5.11 Å². The molecule has 1 N–H and O–H groups in total. The van der Waals surface area contributed by atoms with Crippen molar-refractivity contribution in [2.24, 2.45) is 5.92 Å². The Morgan fingerprint density at radius 2 is 1.77 bits per heavy atom. The van der Waals surface area contributed by atoms with Gasteiger partial charge in [0.05, 0.1) is 17.8 Å². The Hall–Kier alpha value is -3.18. The van der Waals surface area contributed by atoms with Crippen molar-refractivity contribution in [1.82, 2.24) is 19.8 Å². The van der Waals surface area contributed by atoms with Gasteiger partial charge in [0.25, 0.3) is 0 Å². The van der Waals surface area contributed by atoms with E-state index in [0.29, 0.717) is 5.92 Å². The van der Waals surface area contributed by atoms with Crippen LogP contribution in [0.3, 0.4) is 0 Å². The van der Waals surface area contributed by atoms with E-state index in [2.05, 4.69) is 100 Å². The topological polar surface area (TPSA) is 33.1 Å². The van der Waals surface area contributed by atoms with Gasteiger partial charge < -0.3 is 14.8 Å². The maximum Gasteiger partial charge on any atom is 0.170 e. The second-order valence-electron chi connectivity index (χ2n) is 8.51. The molecule has 0 amide bonds. The lowest BCUT2D eigenvalue weighted by molar-refractivity contribution is 0.280. The van der Waals surface area contributed by atoms with Crippen LogP contribution in [0.2, 0.25) is 0 Å². The van der Waals surface area contributed by atoms with Gasteiger partial charge >= 0.3 is 0 Å². The molecule has 0 bridgehead atoms. The molecule has 0 aliphatic carbocycles. The van der Waals surface area contributed by atoms with Crippen molar-refractivity contribution in [3.05, 3.63) is 96.6 Å². The number of fused-ring (bicyclic) bond motifs is 1. The molecule has 0 unspecified atom stereocenters. The zero-order valence-corrected chi connectivity index (χ0v) is 18.6. The SMILES string of the molecule is CC(C)CN1C(=S)N[C@@H](c2ccccn2)[C@@H]1c1cccn1-c1ccc2ccccc2c1. The fourth-order valence-corrected chi connectivity index (χ4v) is 4.83. The van der Waals surface area contributed by atoms with Crippen molar-refractivity contribution in [2.45, 2.75) is 25.9 Å². The first-order valence-corrected chi connectivity index (χ1v) is 11.2. The molecule has 1 aliphatic heterocycles. The van der Waals surface area contributed by atoms with Crippen molar-refractivity contribution < 1.29 is 0 Å². The Bertz CT molecular complexity index is 1210. The highest BCUT2D eigenvalue weighted by Gasteiger charge is 2.41. The zero-order chi connectivity index (χ0) is 21.4. The molecular weight excluding hydrogens is 400 g/mol. The first-order chi connectivity index (χ1) is 15.1. The summed E-state index contributed by atoms with van der Waals surface area (Å²) in [5.74, 6) is 0.494. The van der Waals surface area contributed by atoms with E-state index < -0.39 is 0 Å². The number of thiocarbonyl (C=S) groups is 1. The Morgan fingerprint density at radius 3 is 2.55 bits per heavy atom. The van der Waals surface area contributed by atoms with Gasteiger partial charge in [-0.25, -0.2) is 0 Å². The minimum absolute atomic E-state index is 0.00144. The van der Waals surface area contributed by atoms with Gasteiger partial charge in [-0.1, -0.05) is 50.2 Å². The van der Waals surface area contributed by atoms with Gasteiger partial charge in [-0.15, -0.1) is 0 Å². The molecule has 2 aromatic heterocycles. The molecule has 1 saturated heterocycles. The van der Waals surface area contributed by atoms with E-state index in [9.17, 15) is 0 Å². The van der Waals surface area contributed by atoms with Crippen LogP contribution in [0.1, 0.15) is 37.3 Å². The molecule has 2 aromatic carbocycles. The number of pyridine rings is 1. The van der Waals surface area contributed by atoms with Gasteiger partial charge in [0, 0.05) is 30.3 Å². The van der Waals surface area contributed by atoms with Crippen molar-refractivity contribution >= 4 is 28.1 Å². The average Bonchev–Trinajstić information content (AvgIpc) is 3.38. The number of nitrogens with one attached hydrogen (secondary N) is 1. The molecule has 5 rings (SSSR count).